The van der Waals surface area contributed by atoms with Gasteiger partial charge in [0.15, 0.2) is 0 Å². The van der Waals surface area contributed by atoms with E-state index in [1.807, 2.05) is 6.92 Å². The summed E-state index contributed by atoms with van der Waals surface area (Å²) in [6, 6.07) is 3.73. The second kappa shape index (κ2) is 6.59. The SMILES string of the molecule is CCOC(=O)c1cc(N(C)CC(C)C#N)ncc1N. The minimum Gasteiger partial charge on any atom is -0.462 e. The number of hydrogen-bond acceptors (Lipinski definition) is 6. The first-order valence-electron chi connectivity index (χ1n) is 6.03. The molecule has 0 aromatic carbocycles. The first kappa shape index (κ1) is 14.8. The van der Waals surface area contributed by atoms with Crippen molar-refractivity contribution in [3.05, 3.63) is 17.8 Å². The van der Waals surface area contributed by atoms with Gasteiger partial charge in [0.25, 0.3) is 0 Å². The maximum atomic E-state index is 11.7. The number of nitrogen functional groups attached to an aromatic ring is 1. The number of nitrogens with two attached hydrogens (primary N) is 1. The van der Waals surface area contributed by atoms with Crippen molar-refractivity contribution in [3.63, 3.8) is 0 Å². The Labute approximate surface area is 112 Å². The third kappa shape index (κ3) is 3.85. The van der Waals surface area contributed by atoms with Crippen molar-refractivity contribution in [2.75, 3.05) is 30.8 Å². The van der Waals surface area contributed by atoms with Gasteiger partial charge in [-0.15, -0.1) is 0 Å². The highest BCUT2D eigenvalue weighted by Crippen LogP contribution is 2.19. The molecule has 1 aromatic heterocycles. The Morgan fingerprint density at radius 1 is 1.68 bits per heavy atom. The van der Waals surface area contributed by atoms with E-state index in [2.05, 4.69) is 11.1 Å². The summed E-state index contributed by atoms with van der Waals surface area (Å²) in [5.74, 6) is -0.0138. The number of anilines is 2. The predicted octanol–water partition coefficient (Wildman–Crippen LogP) is 1.44. The van der Waals surface area contributed by atoms with Gasteiger partial charge in [0, 0.05) is 13.6 Å². The summed E-state index contributed by atoms with van der Waals surface area (Å²) < 4.78 is 4.93. The first-order chi connectivity index (χ1) is 8.99. The van der Waals surface area contributed by atoms with Gasteiger partial charge in [0.1, 0.15) is 5.82 Å². The smallest absolute Gasteiger partial charge is 0.340 e. The standard InChI is InChI=1S/C13H18N4O2/c1-4-19-13(18)10-5-12(16-7-11(10)15)17(3)8-9(2)6-14/h5,7,9H,4,8,15H2,1-3H3. The highest BCUT2D eigenvalue weighted by molar-refractivity contribution is 5.95. The second-order valence-corrected chi connectivity index (χ2v) is 4.26. The largest absolute Gasteiger partial charge is 0.462 e. The van der Waals surface area contributed by atoms with E-state index in [4.69, 9.17) is 15.7 Å². The Morgan fingerprint density at radius 3 is 2.95 bits per heavy atom. The van der Waals surface area contributed by atoms with Gasteiger partial charge in [-0.2, -0.15) is 5.26 Å². The number of rotatable bonds is 5. The number of nitriles is 1. The predicted molar refractivity (Wildman–Crippen MR) is 72.7 cm³/mol. The monoisotopic (exact) mass is 262 g/mol. The van der Waals surface area contributed by atoms with Crippen LogP contribution in [0.1, 0.15) is 24.2 Å². The first-order valence-corrected chi connectivity index (χ1v) is 6.03. The summed E-state index contributed by atoms with van der Waals surface area (Å²) >= 11 is 0. The molecule has 2 N–H and O–H groups in total. The van der Waals surface area contributed by atoms with Crippen LogP contribution in [0.3, 0.4) is 0 Å². The van der Waals surface area contributed by atoms with E-state index in [0.717, 1.165) is 0 Å². The molecule has 0 bridgehead atoms. The van der Waals surface area contributed by atoms with Gasteiger partial charge in [-0.3, -0.25) is 0 Å². The fourth-order valence-electron chi connectivity index (χ4n) is 1.59. The van der Waals surface area contributed by atoms with E-state index in [1.165, 1.54) is 6.20 Å². The zero-order valence-electron chi connectivity index (χ0n) is 11.4. The molecule has 6 heteroatoms. The van der Waals surface area contributed by atoms with Crippen molar-refractivity contribution in [2.24, 2.45) is 5.92 Å². The molecule has 0 aliphatic rings. The van der Waals surface area contributed by atoms with Crippen LogP contribution >= 0.6 is 0 Å². The highest BCUT2D eigenvalue weighted by atomic mass is 16.5. The van der Waals surface area contributed by atoms with Gasteiger partial charge in [-0.05, 0) is 19.9 Å². The summed E-state index contributed by atoms with van der Waals surface area (Å²) in [6.07, 6.45) is 1.43. The maximum Gasteiger partial charge on any atom is 0.340 e. The topological polar surface area (TPSA) is 92.2 Å². The van der Waals surface area contributed by atoms with E-state index >= 15 is 0 Å². The van der Waals surface area contributed by atoms with E-state index in [9.17, 15) is 4.79 Å². The molecule has 0 aliphatic carbocycles. The second-order valence-electron chi connectivity index (χ2n) is 4.26. The molecule has 1 rings (SSSR count). The quantitative estimate of drug-likeness (QED) is 0.807. The molecule has 0 fully saturated rings. The molecular weight excluding hydrogens is 244 g/mol. The van der Waals surface area contributed by atoms with Gasteiger partial charge in [-0.1, -0.05) is 0 Å². The molecule has 0 spiro atoms. The van der Waals surface area contributed by atoms with Crippen molar-refractivity contribution in [1.29, 1.82) is 5.26 Å². The molecule has 0 aliphatic heterocycles. The van der Waals surface area contributed by atoms with Crippen LogP contribution < -0.4 is 10.6 Å². The summed E-state index contributed by atoms with van der Waals surface area (Å²) in [7, 11) is 1.81. The lowest BCUT2D eigenvalue weighted by Crippen LogP contribution is -2.24. The molecule has 0 radical (unpaired) electrons. The molecule has 0 saturated heterocycles. The van der Waals surface area contributed by atoms with Crippen molar-refractivity contribution in [2.45, 2.75) is 13.8 Å². The lowest BCUT2D eigenvalue weighted by molar-refractivity contribution is 0.0527. The van der Waals surface area contributed by atoms with Crippen LogP contribution in [0, 0.1) is 17.2 Å². The van der Waals surface area contributed by atoms with Gasteiger partial charge >= 0.3 is 5.97 Å². The number of pyridine rings is 1. The molecule has 19 heavy (non-hydrogen) atoms. The van der Waals surface area contributed by atoms with Crippen molar-refractivity contribution in [1.82, 2.24) is 4.98 Å². The molecule has 1 atom stereocenters. The Balaban J connectivity index is 2.96. The number of aromatic nitrogens is 1. The zero-order valence-corrected chi connectivity index (χ0v) is 11.4. The average Bonchev–Trinajstić information content (AvgIpc) is 2.39. The van der Waals surface area contributed by atoms with Crippen LogP contribution in [0.2, 0.25) is 0 Å². The summed E-state index contributed by atoms with van der Waals surface area (Å²) in [4.78, 5) is 17.7. The van der Waals surface area contributed by atoms with Crippen LogP contribution in [0.25, 0.3) is 0 Å². The summed E-state index contributed by atoms with van der Waals surface area (Å²) in [5, 5.41) is 8.80. The van der Waals surface area contributed by atoms with E-state index in [-0.39, 0.29) is 18.2 Å². The number of nitrogens with zero attached hydrogens (tertiary/aromatic N) is 3. The molecule has 0 saturated carbocycles. The van der Waals surface area contributed by atoms with Crippen LogP contribution in [0.15, 0.2) is 12.3 Å². The molecule has 1 unspecified atom stereocenters. The lowest BCUT2D eigenvalue weighted by atomic mass is 10.2. The molecule has 1 heterocycles. The summed E-state index contributed by atoms with van der Waals surface area (Å²) in [5.41, 5.74) is 6.29. The third-order valence-electron chi connectivity index (χ3n) is 2.57. The minimum absolute atomic E-state index is 0.129. The Morgan fingerprint density at radius 2 is 2.37 bits per heavy atom. The fraction of sp³-hybridized carbons (Fsp3) is 0.462. The minimum atomic E-state index is -0.467. The van der Waals surface area contributed by atoms with E-state index < -0.39 is 5.97 Å². The van der Waals surface area contributed by atoms with Crippen LogP contribution in [0.4, 0.5) is 11.5 Å². The third-order valence-corrected chi connectivity index (χ3v) is 2.57. The van der Waals surface area contributed by atoms with Gasteiger partial charge in [0.2, 0.25) is 0 Å². The Hall–Kier alpha value is -2.29. The molecule has 1 aromatic rings. The molecule has 6 nitrogen and oxygen atoms in total. The number of hydrogen-bond donors (Lipinski definition) is 1. The zero-order chi connectivity index (χ0) is 14.4. The van der Waals surface area contributed by atoms with Gasteiger partial charge in [-0.25, -0.2) is 9.78 Å². The Kier molecular flexibility index (Phi) is 5.12. The molecule has 102 valence electrons. The lowest BCUT2D eigenvalue weighted by Gasteiger charge is -2.20. The molecular formula is C13H18N4O2. The number of carbonyl (C=O) groups excluding carboxylic acids is 1. The number of ether oxygens (including phenoxy) is 1. The van der Waals surface area contributed by atoms with Crippen molar-refractivity contribution in [3.8, 4) is 6.07 Å². The molecule has 0 amide bonds. The number of esters is 1. The summed E-state index contributed by atoms with van der Waals surface area (Å²) in [6.45, 7) is 4.36. The van der Waals surface area contributed by atoms with Crippen LogP contribution in [-0.4, -0.2) is 31.2 Å². The van der Waals surface area contributed by atoms with E-state index in [0.29, 0.717) is 17.9 Å². The van der Waals surface area contributed by atoms with Crippen molar-refractivity contribution < 1.29 is 9.53 Å². The Bertz CT molecular complexity index is 496. The normalized spacial score (nSPS) is 11.5. The van der Waals surface area contributed by atoms with Crippen LogP contribution in [-0.2, 0) is 4.74 Å². The average molecular weight is 262 g/mol. The highest BCUT2D eigenvalue weighted by Gasteiger charge is 2.15. The van der Waals surface area contributed by atoms with Gasteiger partial charge < -0.3 is 15.4 Å². The van der Waals surface area contributed by atoms with Gasteiger partial charge in [0.05, 0.1) is 36.0 Å². The number of carbonyl (C=O) groups is 1. The fourth-order valence-corrected chi connectivity index (χ4v) is 1.59. The van der Waals surface area contributed by atoms with Crippen LogP contribution in [0.5, 0.6) is 0 Å². The van der Waals surface area contributed by atoms with Crippen molar-refractivity contribution >= 4 is 17.5 Å². The maximum absolute atomic E-state index is 11.7. The van der Waals surface area contributed by atoms with E-state index in [1.54, 1.807) is 24.9 Å².